The number of aryl methyl sites for hydroxylation is 2. The van der Waals surface area contributed by atoms with Crippen LogP contribution in [0.5, 0.6) is 0 Å². The Morgan fingerprint density at radius 1 is 1.28 bits per heavy atom. The summed E-state index contributed by atoms with van der Waals surface area (Å²) in [6.45, 7) is 6.21. The standard InChI is InChI=1S/C17H21N3O4S/c1-4-19-10-14(15(21)13-7-6-11(3)18-16(13)19)17(22)20-8-12(9-20)25(23,24)5-2/h6-7,10,12H,4-5,8-9H2,1-3H3. The first-order chi connectivity index (χ1) is 11.8. The SMILES string of the molecule is CCn1cc(C(=O)N2CC(S(=O)(=O)CC)C2)c(=O)c2ccc(C)nc21. The topological polar surface area (TPSA) is 89.3 Å². The average Bonchev–Trinajstić information content (AvgIpc) is 2.53. The van der Waals surface area contributed by atoms with E-state index < -0.39 is 21.0 Å². The van der Waals surface area contributed by atoms with Crippen LogP contribution in [-0.2, 0) is 16.4 Å². The number of rotatable bonds is 4. The van der Waals surface area contributed by atoms with Crippen molar-refractivity contribution >= 4 is 26.8 Å². The van der Waals surface area contributed by atoms with Crippen LogP contribution in [0.3, 0.4) is 0 Å². The molecule has 1 aliphatic rings. The van der Waals surface area contributed by atoms with E-state index in [1.54, 1.807) is 23.6 Å². The van der Waals surface area contributed by atoms with Crippen LogP contribution in [0.25, 0.3) is 11.0 Å². The van der Waals surface area contributed by atoms with Gasteiger partial charge in [0.15, 0.2) is 9.84 Å². The Hall–Kier alpha value is -2.22. The number of hydrogen-bond acceptors (Lipinski definition) is 5. The third-order valence-electron chi connectivity index (χ3n) is 4.68. The first-order valence-corrected chi connectivity index (χ1v) is 10.0. The molecule has 0 aliphatic carbocycles. The summed E-state index contributed by atoms with van der Waals surface area (Å²) in [6, 6.07) is 3.43. The second kappa shape index (κ2) is 6.25. The van der Waals surface area contributed by atoms with Crippen LogP contribution in [-0.4, -0.2) is 52.9 Å². The van der Waals surface area contributed by atoms with Crippen molar-refractivity contribution in [2.75, 3.05) is 18.8 Å². The molecule has 0 N–H and O–H groups in total. The average molecular weight is 363 g/mol. The van der Waals surface area contributed by atoms with Gasteiger partial charge in [0.05, 0.1) is 10.6 Å². The zero-order valence-corrected chi connectivity index (χ0v) is 15.3. The molecule has 3 heterocycles. The van der Waals surface area contributed by atoms with Crippen LogP contribution < -0.4 is 5.43 Å². The van der Waals surface area contributed by atoms with E-state index in [1.165, 1.54) is 11.1 Å². The van der Waals surface area contributed by atoms with Crippen LogP contribution in [0.15, 0.2) is 23.1 Å². The highest BCUT2D eigenvalue weighted by molar-refractivity contribution is 7.92. The van der Waals surface area contributed by atoms with Crippen LogP contribution in [0.2, 0.25) is 0 Å². The minimum atomic E-state index is -3.16. The number of sulfone groups is 1. The van der Waals surface area contributed by atoms with Gasteiger partial charge in [0.25, 0.3) is 5.91 Å². The summed E-state index contributed by atoms with van der Waals surface area (Å²) in [7, 11) is -3.16. The lowest BCUT2D eigenvalue weighted by atomic mass is 10.1. The van der Waals surface area contributed by atoms with Crippen LogP contribution in [0.1, 0.15) is 29.9 Å². The van der Waals surface area contributed by atoms with Gasteiger partial charge in [-0.3, -0.25) is 9.59 Å². The number of nitrogens with zero attached hydrogens (tertiary/aromatic N) is 3. The molecule has 134 valence electrons. The molecule has 2 aromatic heterocycles. The molecule has 3 rings (SSSR count). The molecular weight excluding hydrogens is 342 g/mol. The molecule has 2 aromatic rings. The Morgan fingerprint density at radius 3 is 2.56 bits per heavy atom. The molecule has 0 unspecified atom stereocenters. The first-order valence-electron chi connectivity index (χ1n) is 8.30. The Morgan fingerprint density at radius 2 is 1.96 bits per heavy atom. The monoisotopic (exact) mass is 363 g/mol. The molecule has 0 atom stereocenters. The summed E-state index contributed by atoms with van der Waals surface area (Å²) in [5.74, 6) is -0.360. The number of carbonyl (C=O) groups excluding carboxylic acids is 1. The van der Waals surface area contributed by atoms with E-state index in [4.69, 9.17) is 0 Å². The van der Waals surface area contributed by atoms with Gasteiger partial charge in [-0.25, -0.2) is 13.4 Å². The van der Waals surface area contributed by atoms with Crippen LogP contribution in [0.4, 0.5) is 0 Å². The molecule has 1 amide bonds. The number of carbonyl (C=O) groups is 1. The summed E-state index contributed by atoms with van der Waals surface area (Å²) >= 11 is 0. The van der Waals surface area contributed by atoms with Crippen molar-refractivity contribution in [1.29, 1.82) is 0 Å². The normalized spacial score (nSPS) is 15.4. The van der Waals surface area contributed by atoms with Crippen molar-refractivity contribution in [2.45, 2.75) is 32.6 Å². The quantitative estimate of drug-likeness (QED) is 0.808. The van der Waals surface area contributed by atoms with E-state index in [1.807, 2.05) is 13.8 Å². The third-order valence-corrected chi connectivity index (χ3v) is 6.80. The molecule has 8 heteroatoms. The van der Waals surface area contributed by atoms with E-state index >= 15 is 0 Å². The van der Waals surface area contributed by atoms with Gasteiger partial charge in [-0.05, 0) is 26.0 Å². The molecular formula is C17H21N3O4S. The van der Waals surface area contributed by atoms with Crippen LogP contribution in [0, 0.1) is 6.92 Å². The second-order valence-electron chi connectivity index (χ2n) is 6.27. The summed E-state index contributed by atoms with van der Waals surface area (Å²) in [5.41, 5.74) is 1.05. The number of amides is 1. The first kappa shape index (κ1) is 17.6. The van der Waals surface area contributed by atoms with Crippen molar-refractivity contribution in [1.82, 2.24) is 14.5 Å². The maximum absolute atomic E-state index is 12.7. The molecule has 0 radical (unpaired) electrons. The molecule has 1 fully saturated rings. The Bertz CT molecular complexity index is 1000. The van der Waals surface area contributed by atoms with Crippen molar-refractivity contribution in [3.05, 3.63) is 39.8 Å². The van der Waals surface area contributed by atoms with E-state index in [0.717, 1.165) is 5.69 Å². The highest BCUT2D eigenvalue weighted by atomic mass is 32.2. The van der Waals surface area contributed by atoms with Gasteiger partial charge >= 0.3 is 0 Å². The predicted octanol–water partition coefficient (Wildman–Crippen LogP) is 0.984. The van der Waals surface area contributed by atoms with Crippen molar-refractivity contribution in [3.63, 3.8) is 0 Å². The Balaban J connectivity index is 1.97. The van der Waals surface area contributed by atoms with Gasteiger partial charge in [-0.2, -0.15) is 0 Å². The number of pyridine rings is 2. The molecule has 0 spiro atoms. The third kappa shape index (κ3) is 2.95. The van der Waals surface area contributed by atoms with Gasteiger partial charge in [-0.1, -0.05) is 6.92 Å². The van der Waals surface area contributed by atoms with Crippen molar-refractivity contribution in [2.24, 2.45) is 0 Å². The predicted molar refractivity (Wildman–Crippen MR) is 95.6 cm³/mol. The minimum absolute atomic E-state index is 0.0589. The minimum Gasteiger partial charge on any atom is -0.336 e. The molecule has 0 saturated carbocycles. The summed E-state index contributed by atoms with van der Waals surface area (Å²) < 4.78 is 25.5. The summed E-state index contributed by atoms with van der Waals surface area (Å²) in [5, 5.41) is -0.129. The number of hydrogen-bond donors (Lipinski definition) is 0. The fraction of sp³-hybridized carbons (Fsp3) is 0.471. The fourth-order valence-electron chi connectivity index (χ4n) is 2.99. The van der Waals surface area contributed by atoms with E-state index in [-0.39, 0.29) is 29.8 Å². The van der Waals surface area contributed by atoms with Gasteiger partial charge in [0, 0.05) is 37.3 Å². The fourth-order valence-corrected chi connectivity index (χ4v) is 4.28. The molecule has 25 heavy (non-hydrogen) atoms. The lowest BCUT2D eigenvalue weighted by Crippen LogP contribution is -2.57. The van der Waals surface area contributed by atoms with Gasteiger partial charge in [0.2, 0.25) is 5.43 Å². The number of aromatic nitrogens is 2. The van der Waals surface area contributed by atoms with Gasteiger partial charge in [-0.15, -0.1) is 0 Å². The molecule has 1 saturated heterocycles. The smallest absolute Gasteiger partial charge is 0.259 e. The number of fused-ring (bicyclic) bond motifs is 1. The Labute approximate surface area is 146 Å². The maximum atomic E-state index is 12.7. The zero-order chi connectivity index (χ0) is 18.4. The van der Waals surface area contributed by atoms with E-state index in [9.17, 15) is 18.0 Å². The second-order valence-corrected chi connectivity index (χ2v) is 8.84. The van der Waals surface area contributed by atoms with E-state index in [2.05, 4.69) is 4.98 Å². The van der Waals surface area contributed by atoms with E-state index in [0.29, 0.717) is 17.6 Å². The van der Waals surface area contributed by atoms with Crippen LogP contribution >= 0.6 is 0 Å². The Kier molecular flexibility index (Phi) is 4.40. The molecule has 1 aliphatic heterocycles. The molecule has 0 aromatic carbocycles. The summed E-state index contributed by atoms with van der Waals surface area (Å²) in [6.07, 6.45) is 1.53. The van der Waals surface area contributed by atoms with Gasteiger partial charge in [0.1, 0.15) is 11.2 Å². The molecule has 0 bridgehead atoms. The lowest BCUT2D eigenvalue weighted by molar-refractivity contribution is 0.0657. The maximum Gasteiger partial charge on any atom is 0.259 e. The summed E-state index contributed by atoms with van der Waals surface area (Å²) in [4.78, 5) is 31.2. The lowest BCUT2D eigenvalue weighted by Gasteiger charge is -2.38. The highest BCUT2D eigenvalue weighted by Gasteiger charge is 2.39. The largest absolute Gasteiger partial charge is 0.336 e. The highest BCUT2D eigenvalue weighted by Crippen LogP contribution is 2.20. The van der Waals surface area contributed by atoms with Crippen molar-refractivity contribution in [3.8, 4) is 0 Å². The molecule has 7 nitrogen and oxygen atoms in total. The zero-order valence-electron chi connectivity index (χ0n) is 14.5. The van der Waals surface area contributed by atoms with Crippen molar-refractivity contribution < 1.29 is 13.2 Å². The van der Waals surface area contributed by atoms with Gasteiger partial charge < -0.3 is 9.47 Å². The number of likely N-dealkylation sites (tertiary alicyclic amines) is 1.